The average Bonchev–Trinajstić information content (AvgIpc) is 2.96. The molecule has 4 heteroatoms. The van der Waals surface area contributed by atoms with E-state index >= 15 is 0 Å². The number of thiophene rings is 1. The zero-order valence-corrected chi connectivity index (χ0v) is 11.1. The molecule has 0 spiro atoms. The second kappa shape index (κ2) is 5.47. The lowest BCUT2D eigenvalue weighted by Crippen LogP contribution is -2.09. The van der Waals surface area contributed by atoms with Crippen molar-refractivity contribution in [1.82, 2.24) is 9.78 Å². The molecular weight excluding hydrogens is 232 g/mol. The van der Waals surface area contributed by atoms with Crippen LogP contribution in [0.3, 0.4) is 0 Å². The van der Waals surface area contributed by atoms with Crippen molar-refractivity contribution in [3.05, 3.63) is 39.8 Å². The summed E-state index contributed by atoms with van der Waals surface area (Å²) in [6.07, 6.45) is 3.03. The van der Waals surface area contributed by atoms with E-state index < -0.39 is 6.10 Å². The predicted molar refractivity (Wildman–Crippen MR) is 70.3 cm³/mol. The van der Waals surface area contributed by atoms with E-state index in [9.17, 15) is 5.11 Å². The number of rotatable bonds is 5. The number of nitrogens with zero attached hydrogens (tertiary/aromatic N) is 2. The first-order valence-electron chi connectivity index (χ1n) is 6.02. The van der Waals surface area contributed by atoms with E-state index in [1.54, 1.807) is 17.5 Å². The lowest BCUT2D eigenvalue weighted by Gasteiger charge is -2.11. The molecule has 0 fully saturated rings. The summed E-state index contributed by atoms with van der Waals surface area (Å²) >= 11 is 1.78. The Labute approximate surface area is 106 Å². The van der Waals surface area contributed by atoms with Gasteiger partial charge in [0.2, 0.25) is 0 Å². The van der Waals surface area contributed by atoms with Crippen molar-refractivity contribution < 1.29 is 5.11 Å². The summed E-state index contributed by atoms with van der Waals surface area (Å²) < 4.78 is 1.85. The van der Waals surface area contributed by atoms with Crippen LogP contribution in [-0.4, -0.2) is 14.9 Å². The molecule has 1 N–H and O–H groups in total. The Kier molecular flexibility index (Phi) is 3.97. The molecule has 17 heavy (non-hydrogen) atoms. The van der Waals surface area contributed by atoms with E-state index in [2.05, 4.69) is 24.2 Å². The molecular formula is C13H18N2OS. The fraction of sp³-hybridized carbons (Fsp3) is 0.462. The van der Waals surface area contributed by atoms with Crippen molar-refractivity contribution in [1.29, 1.82) is 0 Å². The van der Waals surface area contributed by atoms with Gasteiger partial charge in [0.15, 0.2) is 0 Å². The highest BCUT2D eigenvalue weighted by atomic mass is 32.1. The van der Waals surface area contributed by atoms with Gasteiger partial charge in [-0.2, -0.15) is 5.10 Å². The topological polar surface area (TPSA) is 38.1 Å². The fourth-order valence-corrected chi connectivity index (χ4v) is 2.90. The Bertz CT molecular complexity index is 475. The highest BCUT2D eigenvalue weighted by Gasteiger charge is 2.14. The van der Waals surface area contributed by atoms with Crippen molar-refractivity contribution in [3.8, 4) is 0 Å². The van der Waals surface area contributed by atoms with Gasteiger partial charge in [-0.25, -0.2) is 0 Å². The van der Waals surface area contributed by atoms with Gasteiger partial charge in [0, 0.05) is 28.9 Å². The lowest BCUT2D eigenvalue weighted by molar-refractivity contribution is 0.168. The summed E-state index contributed by atoms with van der Waals surface area (Å²) in [4.78, 5) is 2.61. The Morgan fingerprint density at radius 3 is 2.71 bits per heavy atom. The van der Waals surface area contributed by atoms with Crippen LogP contribution in [0.2, 0.25) is 0 Å². The maximum Gasteiger partial charge on any atom is 0.100 e. The molecule has 0 amide bonds. The third-order valence-electron chi connectivity index (χ3n) is 2.85. The summed E-state index contributed by atoms with van der Waals surface area (Å²) in [6.45, 7) is 4.98. The third kappa shape index (κ3) is 2.76. The van der Waals surface area contributed by atoms with Crippen molar-refractivity contribution in [2.24, 2.45) is 0 Å². The predicted octanol–water partition coefficient (Wildman–Crippen LogP) is 2.80. The maximum atomic E-state index is 10.2. The molecule has 0 aliphatic heterocycles. The molecule has 92 valence electrons. The molecule has 0 aromatic carbocycles. The van der Waals surface area contributed by atoms with Gasteiger partial charge in [-0.1, -0.05) is 6.92 Å². The molecule has 0 bridgehead atoms. The van der Waals surface area contributed by atoms with Gasteiger partial charge in [-0.3, -0.25) is 4.68 Å². The van der Waals surface area contributed by atoms with Crippen LogP contribution in [0.15, 0.2) is 24.4 Å². The average molecular weight is 250 g/mol. The van der Waals surface area contributed by atoms with Crippen LogP contribution in [0.5, 0.6) is 0 Å². The minimum Gasteiger partial charge on any atom is -0.386 e. The minimum absolute atomic E-state index is 0.458. The Morgan fingerprint density at radius 1 is 1.29 bits per heavy atom. The van der Waals surface area contributed by atoms with Crippen molar-refractivity contribution in [3.63, 3.8) is 0 Å². The number of aliphatic hydroxyl groups excluding tert-OH is 1. The second-order valence-corrected chi connectivity index (χ2v) is 5.27. The lowest BCUT2D eigenvalue weighted by atomic mass is 10.1. The molecule has 3 nitrogen and oxygen atoms in total. The van der Waals surface area contributed by atoms with E-state index in [0.717, 1.165) is 18.7 Å². The van der Waals surface area contributed by atoms with Crippen LogP contribution in [0, 0.1) is 0 Å². The highest BCUT2D eigenvalue weighted by molar-refractivity contribution is 7.11. The normalized spacial score (nSPS) is 12.9. The summed E-state index contributed by atoms with van der Waals surface area (Å²) in [7, 11) is 0. The number of aliphatic hydroxyl groups is 1. The largest absolute Gasteiger partial charge is 0.386 e. The Hall–Kier alpha value is -1.13. The zero-order valence-electron chi connectivity index (χ0n) is 10.3. The Balaban J connectivity index is 2.08. The number of hydrogen-bond donors (Lipinski definition) is 1. The number of aromatic nitrogens is 2. The van der Waals surface area contributed by atoms with Crippen molar-refractivity contribution >= 4 is 11.3 Å². The third-order valence-corrected chi connectivity index (χ3v) is 4.10. The molecule has 0 aliphatic carbocycles. The molecule has 0 aliphatic rings. The van der Waals surface area contributed by atoms with Crippen LogP contribution in [0.25, 0.3) is 0 Å². The molecule has 0 saturated carbocycles. The first-order chi connectivity index (χ1) is 8.24. The molecule has 2 aromatic rings. The summed E-state index contributed by atoms with van der Waals surface area (Å²) in [5, 5.41) is 14.4. The summed E-state index contributed by atoms with van der Waals surface area (Å²) in [5.41, 5.74) is 0.902. The summed E-state index contributed by atoms with van der Waals surface area (Å²) in [5.74, 6) is 0. The molecule has 2 heterocycles. The van der Waals surface area contributed by atoms with Gasteiger partial charge in [-0.05, 0) is 31.5 Å². The second-order valence-electron chi connectivity index (χ2n) is 4.01. The first-order valence-corrected chi connectivity index (χ1v) is 6.83. The van der Waals surface area contributed by atoms with Gasteiger partial charge in [0.25, 0.3) is 0 Å². The maximum absolute atomic E-state index is 10.2. The molecule has 0 radical (unpaired) electrons. The molecule has 0 saturated heterocycles. The highest BCUT2D eigenvalue weighted by Crippen LogP contribution is 2.24. The van der Waals surface area contributed by atoms with Crippen LogP contribution in [-0.2, 0) is 19.4 Å². The number of aryl methyl sites for hydroxylation is 2. The SMILES string of the molecule is CCc1ccc(CC(O)c2ccnn2CC)s1. The van der Waals surface area contributed by atoms with Crippen LogP contribution >= 0.6 is 11.3 Å². The van der Waals surface area contributed by atoms with Crippen molar-refractivity contribution in [2.45, 2.75) is 39.3 Å². The van der Waals surface area contributed by atoms with E-state index in [1.807, 2.05) is 17.7 Å². The van der Waals surface area contributed by atoms with Gasteiger partial charge in [-0.15, -0.1) is 11.3 Å². The minimum atomic E-state index is -0.458. The monoisotopic (exact) mass is 250 g/mol. The zero-order chi connectivity index (χ0) is 12.3. The van der Waals surface area contributed by atoms with Gasteiger partial charge < -0.3 is 5.11 Å². The Morgan fingerprint density at radius 2 is 2.06 bits per heavy atom. The van der Waals surface area contributed by atoms with E-state index in [0.29, 0.717) is 6.42 Å². The van der Waals surface area contributed by atoms with Crippen molar-refractivity contribution in [2.75, 3.05) is 0 Å². The molecule has 2 rings (SSSR count). The standard InChI is InChI=1S/C13H18N2OS/c1-3-10-5-6-11(17-10)9-13(16)12-7-8-14-15(12)4-2/h5-8,13,16H,3-4,9H2,1-2H3. The molecule has 1 atom stereocenters. The molecule has 1 unspecified atom stereocenters. The summed E-state index contributed by atoms with van der Waals surface area (Å²) in [6, 6.07) is 6.14. The smallest absolute Gasteiger partial charge is 0.100 e. The number of hydrogen-bond acceptors (Lipinski definition) is 3. The van der Waals surface area contributed by atoms with E-state index in [1.165, 1.54) is 9.75 Å². The van der Waals surface area contributed by atoms with Gasteiger partial charge >= 0.3 is 0 Å². The first kappa shape index (κ1) is 12.3. The van der Waals surface area contributed by atoms with Crippen LogP contribution < -0.4 is 0 Å². The van der Waals surface area contributed by atoms with Gasteiger partial charge in [0.1, 0.15) is 6.10 Å². The fourth-order valence-electron chi connectivity index (χ4n) is 1.91. The van der Waals surface area contributed by atoms with Gasteiger partial charge in [0.05, 0.1) is 5.69 Å². The van der Waals surface area contributed by atoms with Crippen LogP contribution in [0.4, 0.5) is 0 Å². The quantitative estimate of drug-likeness (QED) is 0.886. The van der Waals surface area contributed by atoms with E-state index in [-0.39, 0.29) is 0 Å². The molecule has 2 aromatic heterocycles. The van der Waals surface area contributed by atoms with E-state index in [4.69, 9.17) is 0 Å². The van der Waals surface area contributed by atoms with Crippen LogP contribution in [0.1, 0.15) is 35.4 Å².